The van der Waals surface area contributed by atoms with Crippen molar-refractivity contribution in [1.29, 1.82) is 0 Å². The number of nitrogens with zero attached hydrogens (tertiary/aromatic N) is 4. The number of amides is 1. The van der Waals surface area contributed by atoms with Gasteiger partial charge < -0.3 is 14.4 Å². The molecule has 0 radical (unpaired) electrons. The molecule has 1 atom stereocenters. The van der Waals surface area contributed by atoms with E-state index in [2.05, 4.69) is 10.1 Å². The Labute approximate surface area is 176 Å². The van der Waals surface area contributed by atoms with Crippen LogP contribution in [0.2, 0.25) is 0 Å². The van der Waals surface area contributed by atoms with E-state index >= 15 is 0 Å². The van der Waals surface area contributed by atoms with Crippen molar-refractivity contribution in [2.24, 2.45) is 7.05 Å². The number of morpholine rings is 1. The molecule has 1 amide bonds. The van der Waals surface area contributed by atoms with Crippen LogP contribution in [0, 0.1) is 0 Å². The third kappa shape index (κ3) is 4.68. The summed E-state index contributed by atoms with van der Waals surface area (Å²) in [5, 5.41) is 4.20. The average Bonchev–Trinajstić information content (AvgIpc) is 3.24. The predicted molar refractivity (Wildman–Crippen MR) is 113 cm³/mol. The second-order valence-electron chi connectivity index (χ2n) is 7.42. The number of hydrogen-bond acceptors (Lipinski definition) is 5. The van der Waals surface area contributed by atoms with Gasteiger partial charge in [-0.05, 0) is 30.2 Å². The maximum absolute atomic E-state index is 12.7. The number of aryl methyl sites for hydroxylation is 2. The third-order valence-electron chi connectivity index (χ3n) is 5.36. The van der Waals surface area contributed by atoms with Gasteiger partial charge in [0.05, 0.1) is 32.2 Å². The van der Waals surface area contributed by atoms with E-state index in [1.54, 1.807) is 11.8 Å². The molecule has 0 aliphatic carbocycles. The van der Waals surface area contributed by atoms with Crippen molar-refractivity contribution < 1.29 is 14.3 Å². The number of rotatable bonds is 6. The monoisotopic (exact) mass is 406 g/mol. The zero-order valence-corrected chi connectivity index (χ0v) is 17.3. The maximum Gasteiger partial charge on any atom is 0.223 e. The van der Waals surface area contributed by atoms with Crippen LogP contribution in [0.4, 0.5) is 0 Å². The number of benzene rings is 1. The summed E-state index contributed by atoms with van der Waals surface area (Å²) in [6, 6.07) is 11.8. The second-order valence-corrected chi connectivity index (χ2v) is 7.42. The van der Waals surface area contributed by atoms with Crippen molar-refractivity contribution in [2.75, 3.05) is 26.8 Å². The minimum atomic E-state index is -0.202. The summed E-state index contributed by atoms with van der Waals surface area (Å²) in [7, 11) is 3.54. The summed E-state index contributed by atoms with van der Waals surface area (Å²) in [5.41, 5.74) is 4.00. The SMILES string of the molecule is COc1ccc(CCC(=O)N2CCOC(c3ccc(-c4cnn(C)c4)cn3)C2)cc1. The standard InChI is InChI=1S/C23H26N4O3/c1-26-15-19(14-25-26)18-6-9-21(24-13-18)22-16-27(11-12-30-22)23(28)10-5-17-3-7-20(29-2)8-4-17/h3-4,6-9,13-15,22H,5,10-12,16H2,1-2H3. The molecule has 2 aromatic heterocycles. The van der Waals surface area contributed by atoms with Crippen LogP contribution in [-0.2, 0) is 23.0 Å². The highest BCUT2D eigenvalue weighted by Crippen LogP contribution is 2.24. The van der Waals surface area contributed by atoms with Crippen molar-refractivity contribution in [3.63, 3.8) is 0 Å². The quantitative estimate of drug-likeness (QED) is 0.629. The van der Waals surface area contributed by atoms with Crippen LogP contribution in [0.3, 0.4) is 0 Å². The molecule has 0 bridgehead atoms. The highest BCUT2D eigenvalue weighted by molar-refractivity contribution is 5.76. The fraction of sp³-hybridized carbons (Fsp3) is 0.348. The van der Waals surface area contributed by atoms with Crippen molar-refractivity contribution in [1.82, 2.24) is 19.7 Å². The largest absolute Gasteiger partial charge is 0.497 e. The normalized spacial score (nSPS) is 16.5. The molecule has 156 valence electrons. The zero-order valence-electron chi connectivity index (χ0n) is 17.3. The molecule has 0 N–H and O–H groups in total. The minimum Gasteiger partial charge on any atom is -0.497 e. The summed E-state index contributed by atoms with van der Waals surface area (Å²) >= 11 is 0. The molecule has 1 aliphatic heterocycles. The van der Waals surface area contributed by atoms with Crippen LogP contribution in [0.25, 0.3) is 11.1 Å². The van der Waals surface area contributed by atoms with Crippen LogP contribution in [-0.4, -0.2) is 52.4 Å². The van der Waals surface area contributed by atoms with E-state index in [1.165, 1.54) is 0 Å². The molecule has 1 unspecified atom stereocenters. The summed E-state index contributed by atoms with van der Waals surface area (Å²) in [4.78, 5) is 19.2. The van der Waals surface area contributed by atoms with Gasteiger partial charge in [-0.15, -0.1) is 0 Å². The number of methoxy groups -OCH3 is 1. The Hall–Kier alpha value is -3.19. The van der Waals surface area contributed by atoms with Gasteiger partial charge in [0.15, 0.2) is 0 Å². The first-order valence-corrected chi connectivity index (χ1v) is 10.1. The van der Waals surface area contributed by atoms with Gasteiger partial charge in [0.1, 0.15) is 11.9 Å². The Bertz CT molecular complexity index is 982. The van der Waals surface area contributed by atoms with Gasteiger partial charge in [-0.1, -0.05) is 18.2 Å². The van der Waals surface area contributed by atoms with Gasteiger partial charge in [0.2, 0.25) is 5.91 Å². The van der Waals surface area contributed by atoms with Crippen molar-refractivity contribution in [3.05, 3.63) is 66.2 Å². The van der Waals surface area contributed by atoms with Crippen LogP contribution < -0.4 is 4.74 Å². The molecule has 0 saturated carbocycles. The fourth-order valence-corrected chi connectivity index (χ4v) is 3.59. The van der Waals surface area contributed by atoms with E-state index < -0.39 is 0 Å². The number of carbonyl (C=O) groups is 1. The molecular formula is C23H26N4O3. The number of hydrogen-bond donors (Lipinski definition) is 0. The first kappa shape index (κ1) is 20.1. The van der Waals surface area contributed by atoms with E-state index in [9.17, 15) is 4.79 Å². The fourth-order valence-electron chi connectivity index (χ4n) is 3.59. The van der Waals surface area contributed by atoms with E-state index in [-0.39, 0.29) is 12.0 Å². The molecule has 4 rings (SSSR count). The number of ether oxygens (including phenoxy) is 2. The van der Waals surface area contributed by atoms with E-state index in [0.717, 1.165) is 28.1 Å². The Morgan fingerprint density at radius 1 is 1.17 bits per heavy atom. The van der Waals surface area contributed by atoms with E-state index in [4.69, 9.17) is 9.47 Å². The van der Waals surface area contributed by atoms with Crippen LogP contribution in [0.5, 0.6) is 5.75 Å². The number of pyridine rings is 1. The second kappa shape index (κ2) is 9.09. The Kier molecular flexibility index (Phi) is 6.09. The molecule has 1 fully saturated rings. The Morgan fingerprint density at radius 2 is 2.00 bits per heavy atom. The summed E-state index contributed by atoms with van der Waals surface area (Å²) in [6.45, 7) is 1.66. The topological polar surface area (TPSA) is 69.5 Å². The number of carbonyl (C=O) groups excluding carboxylic acids is 1. The van der Waals surface area contributed by atoms with Gasteiger partial charge in [0.25, 0.3) is 0 Å². The molecule has 1 aromatic carbocycles. The Balaban J connectivity index is 1.34. The lowest BCUT2D eigenvalue weighted by Crippen LogP contribution is -2.42. The average molecular weight is 406 g/mol. The van der Waals surface area contributed by atoms with E-state index in [1.807, 2.05) is 66.9 Å². The van der Waals surface area contributed by atoms with Crippen LogP contribution in [0.1, 0.15) is 23.8 Å². The molecule has 1 saturated heterocycles. The van der Waals surface area contributed by atoms with Gasteiger partial charge >= 0.3 is 0 Å². The van der Waals surface area contributed by atoms with E-state index in [0.29, 0.717) is 32.5 Å². The summed E-state index contributed by atoms with van der Waals surface area (Å²) in [5.74, 6) is 0.967. The molecule has 1 aliphatic rings. The smallest absolute Gasteiger partial charge is 0.223 e. The minimum absolute atomic E-state index is 0.145. The highest BCUT2D eigenvalue weighted by Gasteiger charge is 2.26. The lowest BCUT2D eigenvalue weighted by molar-refractivity contribution is -0.139. The van der Waals surface area contributed by atoms with Gasteiger partial charge in [-0.3, -0.25) is 14.5 Å². The summed E-state index contributed by atoms with van der Waals surface area (Å²) < 4.78 is 12.8. The molecular weight excluding hydrogens is 380 g/mol. The van der Waals surface area contributed by atoms with Gasteiger partial charge in [-0.2, -0.15) is 5.10 Å². The maximum atomic E-state index is 12.7. The number of aromatic nitrogens is 3. The Morgan fingerprint density at radius 3 is 2.67 bits per heavy atom. The third-order valence-corrected chi connectivity index (χ3v) is 5.36. The molecule has 3 aromatic rings. The first-order chi connectivity index (χ1) is 14.6. The summed E-state index contributed by atoms with van der Waals surface area (Å²) in [6.07, 6.45) is 6.59. The molecule has 7 heteroatoms. The predicted octanol–water partition coefficient (Wildman–Crippen LogP) is 3.02. The first-order valence-electron chi connectivity index (χ1n) is 10.1. The van der Waals surface area contributed by atoms with Crippen molar-refractivity contribution in [2.45, 2.75) is 18.9 Å². The van der Waals surface area contributed by atoms with Crippen molar-refractivity contribution >= 4 is 5.91 Å². The van der Waals surface area contributed by atoms with Gasteiger partial charge in [0, 0.05) is 43.5 Å². The lowest BCUT2D eigenvalue weighted by Gasteiger charge is -2.32. The lowest BCUT2D eigenvalue weighted by atomic mass is 10.1. The molecule has 30 heavy (non-hydrogen) atoms. The van der Waals surface area contributed by atoms with Gasteiger partial charge in [-0.25, -0.2) is 0 Å². The zero-order chi connectivity index (χ0) is 20.9. The van der Waals surface area contributed by atoms with Crippen LogP contribution in [0.15, 0.2) is 55.0 Å². The van der Waals surface area contributed by atoms with Crippen LogP contribution >= 0.6 is 0 Å². The molecule has 0 spiro atoms. The van der Waals surface area contributed by atoms with Crippen molar-refractivity contribution in [3.8, 4) is 16.9 Å². The molecule has 3 heterocycles. The molecule has 7 nitrogen and oxygen atoms in total. The highest BCUT2D eigenvalue weighted by atomic mass is 16.5.